The van der Waals surface area contributed by atoms with Crippen LogP contribution in [0.4, 0.5) is 51.8 Å². The van der Waals surface area contributed by atoms with Crippen molar-refractivity contribution < 1.29 is 56.5 Å². The van der Waals surface area contributed by atoms with Crippen LogP contribution in [0.2, 0.25) is 0 Å². The molecule has 0 aromatic heterocycles. The molecule has 0 spiro atoms. The summed E-state index contributed by atoms with van der Waals surface area (Å²) in [6, 6.07) is 10.3. The van der Waals surface area contributed by atoms with Gasteiger partial charge in [0.1, 0.15) is 0 Å². The second kappa shape index (κ2) is 15.3. The Hall–Kier alpha value is 0.171. The van der Waals surface area contributed by atoms with Crippen molar-refractivity contribution in [3.8, 4) is 0 Å². The van der Waals surface area contributed by atoms with Gasteiger partial charge in [-0.05, 0) is 0 Å². The van der Waals surface area contributed by atoms with Crippen molar-refractivity contribution in [2.24, 2.45) is 0 Å². The standard InChI is InChI=1S/C8H9O.3BF4.K/c1-9-7-8-5-3-2-4-6-8;3*2-1(3,4)5;/h2-6H,1,7H2;;;;/q;3*-1;. The molecule has 1 aromatic rings. The molecule has 0 saturated carbocycles. The minimum absolute atomic E-state index is 0.780. The minimum atomic E-state index is -6.00. The molecule has 0 fully saturated rings. The number of rotatable bonds is 3. The first kappa shape index (κ1) is 29.9. The fourth-order valence-corrected chi connectivity index (χ4v) is 1.11. The maximum atomic E-state index is 9.75. The van der Waals surface area contributed by atoms with E-state index in [0.29, 0.717) is 0 Å². The summed E-state index contributed by atoms with van der Waals surface area (Å²) in [4.78, 5) is 0. The van der Waals surface area contributed by atoms with Gasteiger partial charge in [0.25, 0.3) is 0 Å². The Kier molecular flexibility index (Phi) is 18.3. The van der Waals surface area contributed by atoms with Crippen LogP contribution >= 0.6 is 0 Å². The van der Waals surface area contributed by atoms with Crippen LogP contribution in [0.5, 0.6) is 0 Å². The number of hydrogen-bond donors (Lipinski definition) is 0. The average Bonchev–Trinajstić information content (AvgIpc) is 2.31. The number of ether oxygens (including phenoxy) is 1. The molecule has 1 nitrogen and oxygen atoms in total. The van der Waals surface area contributed by atoms with E-state index in [1.807, 2.05) is 18.2 Å². The molecule has 0 bridgehead atoms. The van der Waals surface area contributed by atoms with Crippen LogP contribution in [0.3, 0.4) is 0 Å². The van der Waals surface area contributed by atoms with Gasteiger partial charge in [0.05, 0.1) is 0 Å². The Morgan fingerprint density at radius 1 is 0.640 bits per heavy atom. The first-order valence-corrected chi connectivity index (χ1v) is 8.38. The quantitative estimate of drug-likeness (QED) is 0.481. The fraction of sp³-hybridized carbons (Fsp3) is 0.250. The SMILES string of the molecule is F[B-](F)(F)F.F[B-](F)(F)F.F[B-](F)(F)F.[K][CH2]OCc1ccccc1. The van der Waals surface area contributed by atoms with Gasteiger partial charge >= 0.3 is 119 Å². The van der Waals surface area contributed by atoms with Gasteiger partial charge in [-0.3, -0.25) is 0 Å². The summed E-state index contributed by atoms with van der Waals surface area (Å²) in [5, 5.41) is 0. The van der Waals surface area contributed by atoms with Gasteiger partial charge in [-0.2, -0.15) is 0 Å². The molecule has 1 rings (SSSR count). The van der Waals surface area contributed by atoms with Gasteiger partial charge in [-0.25, -0.2) is 0 Å². The predicted octanol–water partition coefficient (Wildman–Crippen LogP) is 5.23. The number of benzene rings is 1. The van der Waals surface area contributed by atoms with Gasteiger partial charge in [0.2, 0.25) is 0 Å². The Labute approximate surface area is 169 Å². The molecule has 0 aliphatic heterocycles. The molecule has 0 radical (unpaired) electrons. The van der Waals surface area contributed by atoms with E-state index in [1.165, 1.54) is 5.56 Å². The second-order valence-electron chi connectivity index (χ2n) is 3.61. The maximum absolute atomic E-state index is 9.75. The topological polar surface area (TPSA) is 9.23 Å². The van der Waals surface area contributed by atoms with Crippen LogP contribution in [-0.4, -0.2) is 71.4 Å². The molecule has 0 aliphatic rings. The van der Waals surface area contributed by atoms with E-state index in [2.05, 4.69) is 12.1 Å². The van der Waals surface area contributed by atoms with Gasteiger partial charge in [-0.15, -0.1) is 0 Å². The van der Waals surface area contributed by atoms with Crippen molar-refractivity contribution in [3.05, 3.63) is 35.9 Å². The molecule has 144 valence electrons. The molecule has 0 atom stereocenters. The third kappa shape index (κ3) is 80.2. The van der Waals surface area contributed by atoms with Crippen LogP contribution in [0.25, 0.3) is 0 Å². The summed E-state index contributed by atoms with van der Waals surface area (Å²) in [5.74, 6) is 0. The van der Waals surface area contributed by atoms with Crippen LogP contribution in [-0.2, 0) is 11.3 Å². The van der Waals surface area contributed by atoms with E-state index in [4.69, 9.17) is 4.74 Å². The summed E-state index contributed by atoms with van der Waals surface area (Å²) in [7, 11) is -18.0. The monoisotopic (exact) mass is 421 g/mol. The average molecular weight is 421 g/mol. The van der Waals surface area contributed by atoms with Crippen molar-refractivity contribution in [2.45, 2.75) is 6.61 Å². The Morgan fingerprint density at radius 2 is 0.920 bits per heavy atom. The Morgan fingerprint density at radius 3 is 1.16 bits per heavy atom. The van der Waals surface area contributed by atoms with E-state index in [-0.39, 0.29) is 0 Å². The zero-order valence-corrected chi connectivity index (χ0v) is 15.6. The molecule has 0 unspecified atom stereocenters. The molecule has 0 saturated heterocycles. The summed E-state index contributed by atoms with van der Waals surface area (Å²) in [6.45, 7) is 0.780. The molecular formula is C8H9B3F12KO-3. The Bertz CT molecular complexity index is 363. The van der Waals surface area contributed by atoms with E-state index >= 15 is 0 Å². The normalized spacial score (nSPS) is 11.1. The zero-order valence-electron chi connectivity index (χ0n) is 12.5. The summed E-state index contributed by atoms with van der Waals surface area (Å²) in [6.07, 6.45) is 0. The molecular weight excluding hydrogens is 412 g/mol. The summed E-state index contributed by atoms with van der Waals surface area (Å²) < 4.78 is 123. The molecule has 17 heteroatoms. The van der Waals surface area contributed by atoms with E-state index in [9.17, 15) is 51.8 Å². The van der Waals surface area contributed by atoms with Crippen molar-refractivity contribution in [1.29, 1.82) is 0 Å². The van der Waals surface area contributed by atoms with Crippen molar-refractivity contribution >= 4 is 70.7 Å². The second-order valence-corrected chi connectivity index (χ2v) is 4.51. The number of hydrogen-bond acceptors (Lipinski definition) is 1. The first-order chi connectivity index (χ1) is 10.9. The summed E-state index contributed by atoms with van der Waals surface area (Å²) >= 11 is 0.821. The molecule has 1 aromatic carbocycles. The van der Waals surface area contributed by atoms with Crippen molar-refractivity contribution in [2.75, 3.05) is 0.701 Å². The number of halogens is 12. The fourth-order valence-electron chi connectivity index (χ4n) is 0.794. The molecule has 0 heterocycles. The van der Waals surface area contributed by atoms with E-state index in [1.54, 1.807) is 0 Å². The zero-order chi connectivity index (χ0) is 20.7. The third-order valence-electron chi connectivity index (χ3n) is 1.32. The molecule has 0 aliphatic carbocycles. The van der Waals surface area contributed by atoms with Gasteiger partial charge in [-0.1, -0.05) is 0 Å². The molecule has 0 amide bonds. The van der Waals surface area contributed by atoms with Crippen LogP contribution in [0.15, 0.2) is 30.3 Å². The summed E-state index contributed by atoms with van der Waals surface area (Å²) in [5.41, 5.74) is 1.27. The van der Waals surface area contributed by atoms with Gasteiger partial charge in [0, 0.05) is 0 Å². The molecule has 0 N–H and O–H groups in total. The predicted molar refractivity (Wildman–Crippen MR) is 72.4 cm³/mol. The van der Waals surface area contributed by atoms with Crippen LogP contribution < -0.4 is 0 Å². The van der Waals surface area contributed by atoms with Gasteiger partial charge < -0.3 is 51.8 Å². The van der Waals surface area contributed by atoms with E-state index < -0.39 is 21.8 Å². The third-order valence-corrected chi connectivity index (χ3v) is 1.95. The van der Waals surface area contributed by atoms with Gasteiger partial charge in [0.15, 0.2) is 0 Å². The first-order valence-electron chi connectivity index (χ1n) is 6.17. The van der Waals surface area contributed by atoms with Crippen molar-refractivity contribution in [3.63, 3.8) is 0 Å². The Balaban J connectivity index is -0.000000279. The van der Waals surface area contributed by atoms with Crippen LogP contribution in [0, 0.1) is 0 Å². The van der Waals surface area contributed by atoms with Crippen LogP contribution in [0.1, 0.15) is 5.56 Å². The molecule has 25 heavy (non-hydrogen) atoms. The van der Waals surface area contributed by atoms with Crippen molar-refractivity contribution in [1.82, 2.24) is 0 Å². The van der Waals surface area contributed by atoms with E-state index in [0.717, 1.165) is 56.3 Å².